The molecule has 0 amide bonds. The van der Waals surface area contributed by atoms with E-state index in [9.17, 15) is 0 Å². The molecular weight excluding hydrogens is 755 g/mol. The molecule has 4 aromatic carbocycles. The van der Waals surface area contributed by atoms with E-state index in [0.29, 0.717) is 0 Å². The van der Waals surface area contributed by atoms with E-state index >= 15 is 0 Å². The second-order valence-electron chi connectivity index (χ2n) is 16.4. The summed E-state index contributed by atoms with van der Waals surface area (Å²) in [6.45, 7) is 46.0. The van der Waals surface area contributed by atoms with Gasteiger partial charge in [-0.25, -0.2) is 0 Å². The van der Waals surface area contributed by atoms with Crippen LogP contribution < -0.4 is 10.4 Å². The zero-order valence-electron chi connectivity index (χ0n) is 32.9. The average molecular weight is 812 g/mol. The first-order chi connectivity index (χ1) is 21.1. The van der Waals surface area contributed by atoms with Crippen molar-refractivity contribution in [1.29, 1.82) is 0 Å². The fourth-order valence-electron chi connectivity index (χ4n) is 10.8. The molecule has 2 heteroatoms. The molecule has 0 aliphatic heterocycles. The third-order valence-corrected chi connectivity index (χ3v) is 16.8. The van der Waals surface area contributed by atoms with Crippen LogP contribution in [0.1, 0.15) is 128 Å². The van der Waals surface area contributed by atoms with Crippen molar-refractivity contribution >= 4 is 19.2 Å². The van der Waals surface area contributed by atoms with Gasteiger partial charge in [0.15, 0.2) is 0 Å². The zero-order chi connectivity index (χ0) is 34.4. The van der Waals surface area contributed by atoms with Crippen molar-refractivity contribution in [3.05, 3.63) is 100 Å². The molecule has 4 aromatic rings. The van der Waals surface area contributed by atoms with E-state index in [0.717, 1.165) is 0 Å². The van der Waals surface area contributed by atoms with Gasteiger partial charge in [-0.3, -0.25) is 0 Å². The summed E-state index contributed by atoms with van der Waals surface area (Å²) >= 11 is 0. The van der Waals surface area contributed by atoms with Crippen LogP contribution in [0, 0.1) is 96.9 Å². The largest absolute Gasteiger partial charge is 0.119 e. The zero-order valence-corrected chi connectivity index (χ0v) is 36.6. The fourth-order valence-corrected chi connectivity index (χ4v) is 13.9. The van der Waals surface area contributed by atoms with Crippen LogP contribution in [-0.2, 0) is 31.3 Å². The molecule has 0 fully saturated rings. The predicted molar refractivity (Wildman–Crippen MR) is 205 cm³/mol. The Hall–Kier alpha value is -2.24. The maximum absolute atomic E-state index is 2.60. The van der Waals surface area contributed by atoms with Gasteiger partial charge >= 0.3 is 0 Å². The maximum Gasteiger partial charge on any atom is 0.119 e. The molecule has 2 aliphatic carbocycles. The minimum atomic E-state index is -1.10. The van der Waals surface area contributed by atoms with Crippen molar-refractivity contribution in [2.45, 2.75) is 142 Å². The van der Waals surface area contributed by atoms with Crippen molar-refractivity contribution in [3.8, 4) is 22.3 Å². The van der Waals surface area contributed by atoms with E-state index in [1.165, 1.54) is 89.0 Å². The summed E-state index contributed by atoms with van der Waals surface area (Å²) in [6, 6.07) is 0. The number of benzene rings is 4. The van der Waals surface area contributed by atoms with Gasteiger partial charge < -0.3 is 0 Å². The Balaban J connectivity index is 0.00000433. The third kappa shape index (κ3) is 4.27. The summed E-state index contributed by atoms with van der Waals surface area (Å²) in [7, 11) is -1.10. The van der Waals surface area contributed by atoms with Gasteiger partial charge in [-0.2, -0.15) is 0 Å². The number of hydrogen-bond acceptors (Lipinski definition) is 0. The normalized spacial score (nSPS) is 15.1. The standard InChI is InChI=1S/C45H57Si.Re/c1-20-22(3)28(9)38-34(24(20)5)36-26(7)30(11)42(32(13)40(36)44(38,15)16)46(19)43-31(12)27(8)37-35-25(6)21(2)23(4)29(10)39(35)45(17,18)41(37)33(43)14;/h1-19H3;. The van der Waals surface area contributed by atoms with E-state index in [1.54, 1.807) is 43.8 Å². The van der Waals surface area contributed by atoms with E-state index in [-0.39, 0.29) is 31.3 Å². The molecule has 0 heterocycles. The Labute approximate surface area is 302 Å². The summed E-state index contributed by atoms with van der Waals surface area (Å²) in [5, 5.41) is 3.28. The maximum atomic E-state index is 2.60. The molecule has 0 nitrogen and oxygen atoms in total. The number of rotatable bonds is 2. The van der Waals surface area contributed by atoms with Crippen molar-refractivity contribution in [1.82, 2.24) is 0 Å². The second kappa shape index (κ2) is 11.1. The van der Waals surface area contributed by atoms with E-state index < -0.39 is 8.80 Å². The van der Waals surface area contributed by atoms with Crippen molar-refractivity contribution in [2.75, 3.05) is 0 Å². The number of fused-ring (bicyclic) bond motifs is 6. The third-order valence-electron chi connectivity index (χ3n) is 13.8. The first-order valence-electron chi connectivity index (χ1n) is 17.5. The van der Waals surface area contributed by atoms with Gasteiger partial charge in [0.2, 0.25) is 0 Å². The van der Waals surface area contributed by atoms with Crippen LogP contribution in [0.15, 0.2) is 0 Å². The van der Waals surface area contributed by atoms with Crippen LogP contribution in [0.5, 0.6) is 0 Å². The fraction of sp³-hybridized carbons (Fsp3) is 0.467. The average Bonchev–Trinajstić information content (AvgIpc) is 3.38. The van der Waals surface area contributed by atoms with Crippen LogP contribution in [0.2, 0.25) is 6.55 Å². The van der Waals surface area contributed by atoms with Crippen LogP contribution >= 0.6 is 0 Å². The van der Waals surface area contributed by atoms with E-state index in [1.807, 2.05) is 0 Å². The second-order valence-corrected chi connectivity index (χ2v) is 18.6. The van der Waals surface area contributed by atoms with Gasteiger partial charge in [0.05, 0.1) is 0 Å². The molecule has 0 aromatic heterocycles. The van der Waals surface area contributed by atoms with Gasteiger partial charge in [-0.15, -0.1) is 0 Å². The quantitative estimate of drug-likeness (QED) is 0.177. The molecule has 2 radical (unpaired) electrons. The van der Waals surface area contributed by atoms with Crippen molar-refractivity contribution < 1.29 is 20.4 Å². The topological polar surface area (TPSA) is 0 Å². The Morgan fingerprint density at radius 3 is 0.787 bits per heavy atom. The summed E-state index contributed by atoms with van der Waals surface area (Å²) < 4.78 is 0. The summed E-state index contributed by atoms with van der Waals surface area (Å²) in [4.78, 5) is 0. The molecular formula is C45H57ReSi. The predicted octanol–water partition coefficient (Wildman–Crippen LogP) is 10.9. The van der Waals surface area contributed by atoms with E-state index in [2.05, 4.69) is 131 Å². The van der Waals surface area contributed by atoms with Crippen LogP contribution in [0.25, 0.3) is 22.3 Å². The van der Waals surface area contributed by atoms with Crippen molar-refractivity contribution in [2.24, 2.45) is 0 Å². The molecule has 0 unspecified atom stereocenters. The van der Waals surface area contributed by atoms with E-state index in [4.69, 9.17) is 0 Å². The first-order valence-corrected chi connectivity index (χ1v) is 19.5. The Morgan fingerprint density at radius 2 is 0.511 bits per heavy atom. The molecule has 0 bridgehead atoms. The van der Waals surface area contributed by atoms with Crippen LogP contribution in [0.3, 0.4) is 0 Å². The summed E-state index contributed by atoms with van der Waals surface area (Å²) in [6.07, 6.45) is 0. The van der Waals surface area contributed by atoms with Gasteiger partial charge in [0, 0.05) is 31.3 Å². The minimum Gasteiger partial charge on any atom is -0.0628 e. The van der Waals surface area contributed by atoms with Gasteiger partial charge in [-0.1, -0.05) is 34.2 Å². The smallest absolute Gasteiger partial charge is 0.0628 e. The number of hydrogen-bond donors (Lipinski definition) is 0. The summed E-state index contributed by atoms with van der Waals surface area (Å²) in [5.74, 6) is 0. The molecule has 2 aliphatic rings. The molecule has 0 N–H and O–H groups in total. The Kier molecular flexibility index (Phi) is 8.54. The molecule has 6 rings (SSSR count). The minimum absolute atomic E-state index is 0. The van der Waals surface area contributed by atoms with Gasteiger partial charge in [0.25, 0.3) is 0 Å². The van der Waals surface area contributed by atoms with Gasteiger partial charge in [0.1, 0.15) is 8.80 Å². The molecule has 0 spiro atoms. The monoisotopic (exact) mass is 812 g/mol. The van der Waals surface area contributed by atoms with Gasteiger partial charge in [-0.05, 0) is 230 Å². The molecule has 248 valence electrons. The molecule has 47 heavy (non-hydrogen) atoms. The van der Waals surface area contributed by atoms with Crippen LogP contribution in [0.4, 0.5) is 0 Å². The Bertz CT molecular complexity index is 1930. The first kappa shape index (κ1) is 36.1. The molecule has 0 saturated heterocycles. The summed E-state index contributed by atoms with van der Waals surface area (Å²) in [5.41, 5.74) is 33.2. The van der Waals surface area contributed by atoms with Crippen LogP contribution in [-0.4, -0.2) is 8.80 Å². The SMILES string of the molecule is Cc1c(C)c(C)c2c(c1C)-c1c(C)c(C)c([Si](C)c3c(C)c(C)c4c(c3C)C(C)(C)c3c(C)c(C)c(C)c(C)c3-4)c(C)c1C2(C)C.[Re]. The van der Waals surface area contributed by atoms with Crippen molar-refractivity contribution in [3.63, 3.8) is 0 Å². The molecule has 0 saturated carbocycles. The Morgan fingerprint density at radius 1 is 0.298 bits per heavy atom. The molecule has 0 atom stereocenters.